The smallest absolute Gasteiger partial charge is 0.355 e. The maximum atomic E-state index is 12.4. The number of amides is 1. The van der Waals surface area contributed by atoms with Crippen LogP contribution in [0, 0.1) is 17.0 Å². The summed E-state index contributed by atoms with van der Waals surface area (Å²) in [5.74, 6) is -1.15. The monoisotopic (exact) mass is 345 g/mol. The maximum Gasteiger partial charge on any atom is 0.355 e. The number of carbonyl (C=O) groups excluding carboxylic acids is 2. The van der Waals surface area contributed by atoms with Gasteiger partial charge in [-0.15, -0.1) is 0 Å². The minimum absolute atomic E-state index is 0.0124. The molecule has 1 aromatic carbocycles. The number of likely N-dealkylation sites (N-methyl/N-ethyl adjacent to an activating group) is 1. The molecule has 0 aliphatic carbocycles. The quantitative estimate of drug-likeness (QED) is 0.455. The summed E-state index contributed by atoms with van der Waals surface area (Å²) in [6.07, 6.45) is 1.21. The molecule has 2 rings (SSSR count). The minimum atomic E-state index is -0.787. The van der Waals surface area contributed by atoms with Crippen LogP contribution in [0.1, 0.15) is 23.0 Å². The standard InChI is InChI=1S/C17H19N3O5/c1-4-19(14-8-6-5-7-12(14)2)16(21)11-25-17(22)15-9-13(20(23)24)10-18(15)3/h5-10H,4,11H2,1-3H3. The fourth-order valence-corrected chi connectivity index (χ4v) is 2.48. The molecule has 0 saturated carbocycles. The molecule has 8 heteroatoms. The van der Waals surface area contributed by atoms with E-state index in [1.165, 1.54) is 22.7 Å². The van der Waals surface area contributed by atoms with Gasteiger partial charge < -0.3 is 14.2 Å². The first kappa shape index (κ1) is 18.2. The van der Waals surface area contributed by atoms with E-state index in [1.54, 1.807) is 0 Å². The third-order valence-electron chi connectivity index (χ3n) is 3.76. The van der Waals surface area contributed by atoms with Gasteiger partial charge in [-0.3, -0.25) is 14.9 Å². The van der Waals surface area contributed by atoms with Gasteiger partial charge in [-0.1, -0.05) is 18.2 Å². The molecule has 1 heterocycles. The Bertz CT molecular complexity index is 812. The van der Waals surface area contributed by atoms with E-state index in [9.17, 15) is 19.7 Å². The van der Waals surface area contributed by atoms with Crippen molar-refractivity contribution in [2.24, 2.45) is 7.05 Å². The lowest BCUT2D eigenvalue weighted by Gasteiger charge is -2.22. The SMILES string of the molecule is CCN(C(=O)COC(=O)c1cc([N+](=O)[O-])cn1C)c1ccccc1C. The zero-order chi connectivity index (χ0) is 18.6. The third kappa shape index (κ3) is 4.03. The fraction of sp³-hybridized carbons (Fsp3) is 0.294. The summed E-state index contributed by atoms with van der Waals surface area (Å²) >= 11 is 0. The highest BCUT2D eigenvalue weighted by Gasteiger charge is 2.21. The average molecular weight is 345 g/mol. The first-order valence-corrected chi connectivity index (χ1v) is 7.69. The number of para-hydroxylation sites is 1. The molecular weight excluding hydrogens is 326 g/mol. The number of aromatic nitrogens is 1. The molecule has 25 heavy (non-hydrogen) atoms. The molecule has 0 N–H and O–H groups in total. The number of nitrogens with zero attached hydrogens (tertiary/aromatic N) is 3. The van der Waals surface area contributed by atoms with Crippen LogP contribution in [0.3, 0.4) is 0 Å². The minimum Gasteiger partial charge on any atom is -0.451 e. The van der Waals surface area contributed by atoms with Crippen molar-refractivity contribution in [1.82, 2.24) is 4.57 Å². The third-order valence-corrected chi connectivity index (χ3v) is 3.76. The molecule has 0 radical (unpaired) electrons. The van der Waals surface area contributed by atoms with Gasteiger partial charge in [-0.25, -0.2) is 4.79 Å². The highest BCUT2D eigenvalue weighted by molar-refractivity contribution is 5.97. The lowest BCUT2D eigenvalue weighted by Crippen LogP contribution is -2.35. The highest BCUT2D eigenvalue weighted by atomic mass is 16.6. The van der Waals surface area contributed by atoms with E-state index in [-0.39, 0.29) is 17.3 Å². The molecule has 0 unspecified atom stereocenters. The van der Waals surface area contributed by atoms with Gasteiger partial charge >= 0.3 is 5.97 Å². The van der Waals surface area contributed by atoms with E-state index >= 15 is 0 Å². The van der Waals surface area contributed by atoms with E-state index in [0.717, 1.165) is 17.3 Å². The molecule has 1 aromatic heterocycles. The molecule has 0 bridgehead atoms. The van der Waals surface area contributed by atoms with Crippen molar-refractivity contribution >= 4 is 23.3 Å². The van der Waals surface area contributed by atoms with Gasteiger partial charge in [-0.05, 0) is 25.5 Å². The van der Waals surface area contributed by atoms with E-state index in [4.69, 9.17) is 4.74 Å². The summed E-state index contributed by atoms with van der Waals surface area (Å²) in [4.78, 5) is 36.2. The Kier molecular flexibility index (Phi) is 5.53. The van der Waals surface area contributed by atoms with Crippen molar-refractivity contribution in [2.45, 2.75) is 13.8 Å². The van der Waals surface area contributed by atoms with Gasteiger partial charge in [0.05, 0.1) is 11.1 Å². The molecule has 0 aliphatic heterocycles. The first-order valence-electron chi connectivity index (χ1n) is 7.69. The van der Waals surface area contributed by atoms with Crippen molar-refractivity contribution in [3.05, 3.63) is 57.9 Å². The average Bonchev–Trinajstić information content (AvgIpc) is 2.97. The Balaban J connectivity index is 2.07. The van der Waals surface area contributed by atoms with Gasteiger partial charge in [-0.2, -0.15) is 0 Å². The van der Waals surface area contributed by atoms with Crippen molar-refractivity contribution in [3.63, 3.8) is 0 Å². The van der Waals surface area contributed by atoms with Crippen molar-refractivity contribution in [1.29, 1.82) is 0 Å². The largest absolute Gasteiger partial charge is 0.451 e. The number of hydrogen-bond donors (Lipinski definition) is 0. The number of anilines is 1. The molecule has 0 atom stereocenters. The normalized spacial score (nSPS) is 10.4. The van der Waals surface area contributed by atoms with Crippen LogP contribution in [-0.4, -0.2) is 34.5 Å². The number of nitro groups is 1. The fourth-order valence-electron chi connectivity index (χ4n) is 2.48. The Morgan fingerprint density at radius 3 is 2.56 bits per heavy atom. The molecule has 0 spiro atoms. The predicted octanol–water partition coefficient (Wildman–Crippen LogP) is 2.45. The maximum absolute atomic E-state index is 12.4. The van der Waals surface area contributed by atoms with E-state index in [2.05, 4.69) is 0 Å². The van der Waals surface area contributed by atoms with Crippen LogP contribution in [0.5, 0.6) is 0 Å². The second-order valence-corrected chi connectivity index (χ2v) is 5.45. The number of aryl methyl sites for hydroxylation is 2. The van der Waals surface area contributed by atoms with Crippen molar-refractivity contribution in [2.75, 3.05) is 18.1 Å². The Labute approximate surface area is 144 Å². The number of hydrogen-bond acceptors (Lipinski definition) is 5. The number of benzene rings is 1. The Morgan fingerprint density at radius 2 is 2.00 bits per heavy atom. The second kappa shape index (κ2) is 7.61. The van der Waals surface area contributed by atoms with Gasteiger partial charge in [0.2, 0.25) is 0 Å². The van der Waals surface area contributed by atoms with Crippen molar-refractivity contribution in [3.8, 4) is 0 Å². The first-order chi connectivity index (χ1) is 11.8. The van der Waals surface area contributed by atoms with Crippen LogP contribution in [0.4, 0.5) is 11.4 Å². The van der Waals surface area contributed by atoms with Crippen LogP contribution in [0.15, 0.2) is 36.5 Å². The molecule has 1 amide bonds. The van der Waals surface area contributed by atoms with E-state index in [0.29, 0.717) is 6.54 Å². The molecule has 0 aliphatic rings. The highest BCUT2D eigenvalue weighted by Crippen LogP contribution is 2.20. The lowest BCUT2D eigenvalue weighted by molar-refractivity contribution is -0.384. The van der Waals surface area contributed by atoms with E-state index in [1.807, 2.05) is 38.1 Å². The molecular formula is C17H19N3O5. The molecule has 0 fully saturated rings. The van der Waals surface area contributed by atoms with Crippen LogP contribution < -0.4 is 4.90 Å². The molecule has 0 saturated heterocycles. The van der Waals surface area contributed by atoms with Gasteiger partial charge in [0.15, 0.2) is 6.61 Å². The van der Waals surface area contributed by atoms with Crippen LogP contribution >= 0.6 is 0 Å². The summed E-state index contributed by atoms with van der Waals surface area (Å²) in [6.45, 7) is 3.70. The molecule has 2 aromatic rings. The second-order valence-electron chi connectivity index (χ2n) is 5.45. The van der Waals surface area contributed by atoms with Gasteiger partial charge in [0, 0.05) is 25.3 Å². The van der Waals surface area contributed by atoms with Crippen molar-refractivity contribution < 1.29 is 19.2 Å². The Morgan fingerprint density at radius 1 is 1.32 bits per heavy atom. The lowest BCUT2D eigenvalue weighted by atomic mass is 10.2. The molecule has 132 valence electrons. The number of esters is 1. The van der Waals surface area contributed by atoms with E-state index < -0.39 is 17.5 Å². The predicted molar refractivity (Wildman–Crippen MR) is 91.6 cm³/mol. The number of carbonyl (C=O) groups is 2. The molecule has 8 nitrogen and oxygen atoms in total. The summed E-state index contributed by atoms with van der Waals surface area (Å²) in [7, 11) is 1.50. The van der Waals surface area contributed by atoms with Crippen LogP contribution in [0.2, 0.25) is 0 Å². The van der Waals surface area contributed by atoms with Crippen LogP contribution in [-0.2, 0) is 16.6 Å². The summed E-state index contributed by atoms with van der Waals surface area (Å²) in [5.41, 5.74) is 1.48. The van der Waals surface area contributed by atoms with Crippen LogP contribution in [0.25, 0.3) is 0 Å². The summed E-state index contributed by atoms with van der Waals surface area (Å²) < 4.78 is 6.33. The summed E-state index contributed by atoms with van der Waals surface area (Å²) in [6, 6.07) is 8.53. The number of rotatable bonds is 6. The topological polar surface area (TPSA) is 94.7 Å². The van der Waals surface area contributed by atoms with Gasteiger partial charge in [0.25, 0.3) is 11.6 Å². The zero-order valence-electron chi connectivity index (χ0n) is 14.3. The zero-order valence-corrected chi connectivity index (χ0v) is 14.3. The number of ether oxygens (including phenoxy) is 1. The summed E-state index contributed by atoms with van der Waals surface area (Å²) in [5, 5.41) is 10.8. The Hall–Kier alpha value is -3.16. The van der Waals surface area contributed by atoms with Gasteiger partial charge in [0.1, 0.15) is 5.69 Å².